The zero-order valence-corrected chi connectivity index (χ0v) is 12.4. The molecule has 0 bridgehead atoms. The molecule has 1 unspecified atom stereocenters. The van der Waals surface area contributed by atoms with E-state index in [-0.39, 0.29) is 6.42 Å². The van der Waals surface area contributed by atoms with E-state index < -0.39 is 17.4 Å². The van der Waals surface area contributed by atoms with Crippen molar-refractivity contribution >= 4 is 11.9 Å². The fourth-order valence-electron chi connectivity index (χ4n) is 2.48. The minimum Gasteiger partial charge on any atom is -0.481 e. The Hall–Kier alpha value is -1.06. The maximum Gasteiger partial charge on any atom is 0.309 e. The van der Waals surface area contributed by atoms with Gasteiger partial charge in [-0.25, -0.2) is 0 Å². The van der Waals surface area contributed by atoms with Crippen molar-refractivity contribution in [3.05, 3.63) is 0 Å². The summed E-state index contributed by atoms with van der Waals surface area (Å²) >= 11 is 0. The Balaban J connectivity index is 4.23. The molecule has 19 heavy (non-hydrogen) atoms. The van der Waals surface area contributed by atoms with Crippen LogP contribution in [0.5, 0.6) is 0 Å². The number of carboxylic acids is 2. The Morgan fingerprint density at radius 1 is 1.05 bits per heavy atom. The van der Waals surface area contributed by atoms with Crippen molar-refractivity contribution in [1.82, 2.24) is 0 Å². The molecule has 4 nitrogen and oxygen atoms in total. The highest BCUT2D eigenvalue weighted by Crippen LogP contribution is 2.34. The monoisotopic (exact) mass is 272 g/mol. The van der Waals surface area contributed by atoms with E-state index in [9.17, 15) is 14.7 Å². The third kappa shape index (κ3) is 7.19. The first kappa shape index (κ1) is 17.9. The van der Waals surface area contributed by atoms with E-state index in [4.69, 9.17) is 5.11 Å². The topological polar surface area (TPSA) is 74.6 Å². The summed E-state index contributed by atoms with van der Waals surface area (Å²) in [7, 11) is 0. The number of rotatable bonds is 11. The van der Waals surface area contributed by atoms with Gasteiger partial charge < -0.3 is 10.2 Å². The van der Waals surface area contributed by atoms with Crippen LogP contribution in [0.4, 0.5) is 0 Å². The zero-order chi connectivity index (χ0) is 14.9. The quantitative estimate of drug-likeness (QED) is 0.559. The number of carbonyl (C=O) groups is 2. The first-order chi connectivity index (χ1) is 8.85. The van der Waals surface area contributed by atoms with Crippen molar-refractivity contribution in [3.63, 3.8) is 0 Å². The predicted octanol–water partition coefficient (Wildman–Crippen LogP) is 3.94. The zero-order valence-electron chi connectivity index (χ0n) is 12.4. The van der Waals surface area contributed by atoms with Crippen LogP contribution in [0.2, 0.25) is 0 Å². The summed E-state index contributed by atoms with van der Waals surface area (Å²) in [5.41, 5.74) is -0.667. The number of hydrogen-bond donors (Lipinski definition) is 2. The van der Waals surface area contributed by atoms with Crippen LogP contribution in [-0.2, 0) is 9.59 Å². The minimum absolute atomic E-state index is 0.177. The van der Waals surface area contributed by atoms with Gasteiger partial charge in [0.15, 0.2) is 0 Å². The van der Waals surface area contributed by atoms with Crippen molar-refractivity contribution < 1.29 is 19.8 Å². The molecule has 0 heterocycles. The lowest BCUT2D eigenvalue weighted by molar-refractivity contribution is -0.149. The molecule has 0 aliphatic heterocycles. The molecule has 1 atom stereocenters. The van der Waals surface area contributed by atoms with Gasteiger partial charge in [-0.15, -0.1) is 0 Å². The molecule has 0 aromatic heterocycles. The average Bonchev–Trinajstić information content (AvgIpc) is 2.35. The normalized spacial score (nSPS) is 14.3. The molecule has 0 saturated carbocycles. The fourth-order valence-corrected chi connectivity index (χ4v) is 2.48. The summed E-state index contributed by atoms with van der Waals surface area (Å²) in [6, 6.07) is 0. The SMILES string of the molecule is CCC(CC)CC(C)(CCCCCC(=O)O)C(=O)O. The molecular formula is C15H28O4. The maximum absolute atomic E-state index is 11.5. The van der Waals surface area contributed by atoms with Crippen molar-refractivity contribution in [2.45, 2.75) is 72.1 Å². The fraction of sp³-hybridized carbons (Fsp3) is 0.867. The van der Waals surface area contributed by atoms with Gasteiger partial charge in [0.1, 0.15) is 0 Å². The standard InChI is InChI=1S/C15H28O4/c1-4-12(5-2)11-15(3,14(18)19)10-8-6-7-9-13(16)17/h12H,4-11H2,1-3H3,(H,16,17)(H,18,19). The van der Waals surface area contributed by atoms with E-state index in [1.54, 1.807) is 0 Å². The van der Waals surface area contributed by atoms with E-state index in [1.807, 2.05) is 6.92 Å². The van der Waals surface area contributed by atoms with E-state index >= 15 is 0 Å². The Morgan fingerprint density at radius 2 is 1.63 bits per heavy atom. The first-order valence-corrected chi connectivity index (χ1v) is 7.31. The number of aliphatic carboxylic acids is 2. The van der Waals surface area contributed by atoms with Gasteiger partial charge in [-0.2, -0.15) is 0 Å². The number of hydrogen-bond acceptors (Lipinski definition) is 2. The molecule has 4 heteroatoms. The van der Waals surface area contributed by atoms with Crippen LogP contribution < -0.4 is 0 Å². The van der Waals surface area contributed by atoms with E-state index in [1.165, 1.54) is 0 Å². The van der Waals surface area contributed by atoms with Gasteiger partial charge in [-0.05, 0) is 32.1 Å². The summed E-state index contributed by atoms with van der Waals surface area (Å²) in [5, 5.41) is 18.0. The number of unbranched alkanes of at least 4 members (excludes halogenated alkanes) is 2. The first-order valence-electron chi connectivity index (χ1n) is 7.31. The smallest absolute Gasteiger partial charge is 0.309 e. The van der Waals surface area contributed by atoms with Crippen molar-refractivity contribution in [3.8, 4) is 0 Å². The summed E-state index contributed by atoms with van der Waals surface area (Å²) in [4.78, 5) is 21.9. The molecule has 0 aromatic carbocycles. The van der Waals surface area contributed by atoms with Gasteiger partial charge in [-0.3, -0.25) is 9.59 Å². The molecule has 0 amide bonds. The molecule has 0 rings (SSSR count). The van der Waals surface area contributed by atoms with E-state index in [0.29, 0.717) is 25.2 Å². The second-order valence-electron chi connectivity index (χ2n) is 5.71. The Kier molecular flexibility index (Phi) is 8.44. The van der Waals surface area contributed by atoms with Gasteiger partial charge in [0.2, 0.25) is 0 Å². The molecule has 112 valence electrons. The minimum atomic E-state index is -0.780. The highest BCUT2D eigenvalue weighted by molar-refractivity contribution is 5.74. The second kappa shape index (κ2) is 8.94. The third-order valence-corrected chi connectivity index (χ3v) is 4.03. The van der Waals surface area contributed by atoms with Crippen LogP contribution in [0, 0.1) is 11.3 Å². The van der Waals surface area contributed by atoms with Crippen LogP contribution >= 0.6 is 0 Å². The molecule has 0 fully saturated rings. The van der Waals surface area contributed by atoms with Crippen molar-refractivity contribution in [1.29, 1.82) is 0 Å². The largest absolute Gasteiger partial charge is 0.481 e. The highest BCUT2D eigenvalue weighted by atomic mass is 16.4. The van der Waals surface area contributed by atoms with Gasteiger partial charge >= 0.3 is 11.9 Å². The lowest BCUT2D eigenvalue weighted by Crippen LogP contribution is -2.30. The Labute approximate surface area is 116 Å². The van der Waals surface area contributed by atoms with Crippen LogP contribution in [0.3, 0.4) is 0 Å². The van der Waals surface area contributed by atoms with Crippen molar-refractivity contribution in [2.24, 2.45) is 11.3 Å². The van der Waals surface area contributed by atoms with Gasteiger partial charge in [0.25, 0.3) is 0 Å². The summed E-state index contributed by atoms with van der Waals surface area (Å²) < 4.78 is 0. The molecule has 0 saturated heterocycles. The summed E-state index contributed by atoms with van der Waals surface area (Å²) in [5.74, 6) is -1.05. The van der Waals surface area contributed by atoms with Gasteiger partial charge in [0.05, 0.1) is 5.41 Å². The molecule has 0 aromatic rings. The lowest BCUT2D eigenvalue weighted by Gasteiger charge is -2.28. The van der Waals surface area contributed by atoms with Crippen LogP contribution in [-0.4, -0.2) is 22.2 Å². The second-order valence-corrected chi connectivity index (χ2v) is 5.71. The highest BCUT2D eigenvalue weighted by Gasteiger charge is 2.34. The predicted molar refractivity (Wildman–Crippen MR) is 75.2 cm³/mol. The van der Waals surface area contributed by atoms with Crippen LogP contribution in [0.25, 0.3) is 0 Å². The summed E-state index contributed by atoms with van der Waals surface area (Å²) in [6.45, 7) is 6.03. The molecular weight excluding hydrogens is 244 g/mol. The number of carboxylic acid groups (broad SMARTS) is 2. The van der Waals surface area contributed by atoms with Gasteiger partial charge in [0, 0.05) is 6.42 Å². The van der Waals surface area contributed by atoms with Crippen molar-refractivity contribution in [2.75, 3.05) is 0 Å². The maximum atomic E-state index is 11.5. The Bertz CT molecular complexity index is 284. The van der Waals surface area contributed by atoms with Gasteiger partial charge in [-0.1, -0.05) is 39.5 Å². The summed E-state index contributed by atoms with van der Waals surface area (Å²) in [6.07, 6.45) is 5.77. The molecule has 0 aliphatic carbocycles. The Morgan fingerprint density at radius 3 is 2.05 bits per heavy atom. The molecule has 0 spiro atoms. The lowest BCUT2D eigenvalue weighted by atomic mass is 9.75. The molecule has 0 aliphatic rings. The average molecular weight is 272 g/mol. The van der Waals surface area contributed by atoms with Crippen LogP contribution in [0.1, 0.15) is 72.1 Å². The molecule has 0 radical (unpaired) electrons. The van der Waals surface area contributed by atoms with E-state index in [0.717, 1.165) is 25.7 Å². The van der Waals surface area contributed by atoms with Crippen LogP contribution in [0.15, 0.2) is 0 Å². The third-order valence-electron chi connectivity index (χ3n) is 4.03. The molecule has 2 N–H and O–H groups in total. The van der Waals surface area contributed by atoms with E-state index in [2.05, 4.69) is 13.8 Å².